The third kappa shape index (κ3) is 3.61. The Morgan fingerprint density at radius 2 is 2.00 bits per heavy atom. The number of nitrogen functional groups attached to an aromatic ring is 1. The van der Waals surface area contributed by atoms with E-state index in [0.717, 1.165) is 21.2 Å². The number of aryl methyl sites for hydroxylation is 2. The van der Waals surface area contributed by atoms with Crippen LogP contribution in [0.15, 0.2) is 40.9 Å². The van der Waals surface area contributed by atoms with Gasteiger partial charge in [0.2, 0.25) is 5.91 Å². The first kappa shape index (κ1) is 14.6. The maximum Gasteiger partial charge on any atom is 0.228 e. The fraction of sp³-hybridized carbons (Fsp3) is 0.188. The molecular formula is C16H17BrN2O. The number of nitrogens with two attached hydrogens (primary N) is 1. The number of hydrogen-bond donors (Lipinski definition) is 2. The predicted octanol–water partition coefficient (Wildman–Crippen LogP) is 3.83. The number of carbonyl (C=O) groups excluding carboxylic acids is 1. The van der Waals surface area contributed by atoms with Crippen LogP contribution < -0.4 is 11.1 Å². The molecule has 0 saturated carbocycles. The first-order valence-corrected chi connectivity index (χ1v) is 7.16. The number of nitrogens with one attached hydrogen (secondary N) is 1. The first-order valence-electron chi connectivity index (χ1n) is 6.36. The van der Waals surface area contributed by atoms with E-state index in [1.54, 1.807) is 6.07 Å². The molecule has 3 N–H and O–H groups in total. The van der Waals surface area contributed by atoms with Crippen molar-refractivity contribution in [1.82, 2.24) is 0 Å². The summed E-state index contributed by atoms with van der Waals surface area (Å²) in [5, 5.41) is 2.88. The molecule has 4 heteroatoms. The highest BCUT2D eigenvalue weighted by Crippen LogP contribution is 2.27. The molecule has 2 aromatic carbocycles. The van der Waals surface area contributed by atoms with E-state index in [1.807, 2.05) is 44.2 Å². The molecule has 0 heterocycles. The van der Waals surface area contributed by atoms with E-state index in [9.17, 15) is 4.79 Å². The van der Waals surface area contributed by atoms with Crippen LogP contribution in [0.2, 0.25) is 0 Å². The van der Waals surface area contributed by atoms with Gasteiger partial charge in [-0.05, 0) is 53.0 Å². The van der Waals surface area contributed by atoms with Crippen LogP contribution in [0.3, 0.4) is 0 Å². The van der Waals surface area contributed by atoms with Crippen molar-refractivity contribution >= 4 is 33.2 Å². The van der Waals surface area contributed by atoms with Gasteiger partial charge in [0, 0.05) is 10.2 Å². The van der Waals surface area contributed by atoms with Crippen LogP contribution in [-0.4, -0.2) is 5.91 Å². The second kappa shape index (κ2) is 6.09. The molecule has 0 radical (unpaired) electrons. The van der Waals surface area contributed by atoms with Gasteiger partial charge in [-0.15, -0.1) is 0 Å². The van der Waals surface area contributed by atoms with E-state index < -0.39 is 0 Å². The van der Waals surface area contributed by atoms with Gasteiger partial charge in [0.15, 0.2) is 0 Å². The topological polar surface area (TPSA) is 55.1 Å². The van der Waals surface area contributed by atoms with Gasteiger partial charge < -0.3 is 11.1 Å². The molecule has 0 saturated heterocycles. The molecule has 1 amide bonds. The molecule has 2 aromatic rings. The van der Waals surface area contributed by atoms with Crippen LogP contribution in [0.1, 0.15) is 16.7 Å². The average Bonchev–Trinajstić information content (AvgIpc) is 2.36. The zero-order valence-corrected chi connectivity index (χ0v) is 13.1. The summed E-state index contributed by atoms with van der Waals surface area (Å²) in [5.74, 6) is -0.0560. The summed E-state index contributed by atoms with van der Waals surface area (Å²) in [6.45, 7) is 3.94. The SMILES string of the molecule is Cc1cccc(CC(=O)Nc2cc(N)c(C)cc2Br)c1. The third-order valence-electron chi connectivity index (χ3n) is 3.08. The molecule has 0 aliphatic carbocycles. The van der Waals surface area contributed by atoms with E-state index in [2.05, 4.69) is 21.2 Å². The molecular weight excluding hydrogens is 316 g/mol. The average molecular weight is 333 g/mol. The van der Waals surface area contributed by atoms with Gasteiger partial charge in [-0.3, -0.25) is 4.79 Å². The van der Waals surface area contributed by atoms with Crippen LogP contribution in [-0.2, 0) is 11.2 Å². The molecule has 0 atom stereocenters. The smallest absolute Gasteiger partial charge is 0.228 e. The highest BCUT2D eigenvalue weighted by molar-refractivity contribution is 9.10. The van der Waals surface area contributed by atoms with Gasteiger partial charge in [0.05, 0.1) is 12.1 Å². The summed E-state index contributed by atoms with van der Waals surface area (Å²) in [5.41, 5.74) is 10.4. The number of rotatable bonds is 3. The minimum atomic E-state index is -0.0560. The number of benzene rings is 2. The van der Waals surface area contributed by atoms with Gasteiger partial charge in [-0.2, -0.15) is 0 Å². The Balaban J connectivity index is 2.10. The second-order valence-corrected chi connectivity index (χ2v) is 5.76. The van der Waals surface area contributed by atoms with E-state index in [0.29, 0.717) is 17.8 Å². The van der Waals surface area contributed by atoms with Crippen molar-refractivity contribution in [1.29, 1.82) is 0 Å². The maximum absolute atomic E-state index is 12.1. The predicted molar refractivity (Wildman–Crippen MR) is 86.8 cm³/mol. The number of hydrogen-bond acceptors (Lipinski definition) is 2. The van der Waals surface area contributed by atoms with E-state index in [-0.39, 0.29) is 5.91 Å². The minimum Gasteiger partial charge on any atom is -0.398 e. The number of halogens is 1. The summed E-state index contributed by atoms with van der Waals surface area (Å²) in [7, 11) is 0. The van der Waals surface area contributed by atoms with Gasteiger partial charge in [-0.25, -0.2) is 0 Å². The molecule has 3 nitrogen and oxygen atoms in total. The Labute approximate surface area is 127 Å². The standard InChI is InChI=1S/C16H17BrN2O/c1-10-4-3-5-12(6-10)8-16(20)19-15-9-14(18)11(2)7-13(15)17/h3-7,9H,8,18H2,1-2H3,(H,19,20). The lowest BCUT2D eigenvalue weighted by atomic mass is 10.1. The molecule has 2 rings (SSSR count). The first-order chi connectivity index (χ1) is 9.45. The summed E-state index contributed by atoms with van der Waals surface area (Å²) in [6.07, 6.45) is 0.349. The van der Waals surface area contributed by atoms with E-state index in [1.165, 1.54) is 0 Å². The molecule has 0 aliphatic rings. The Hall–Kier alpha value is -1.81. The van der Waals surface area contributed by atoms with E-state index >= 15 is 0 Å². The Kier molecular flexibility index (Phi) is 4.45. The summed E-state index contributed by atoms with van der Waals surface area (Å²) in [6, 6.07) is 11.6. The Morgan fingerprint density at radius 3 is 2.70 bits per heavy atom. The van der Waals surface area contributed by atoms with Gasteiger partial charge in [-0.1, -0.05) is 29.8 Å². The number of anilines is 2. The van der Waals surface area contributed by atoms with Crippen molar-refractivity contribution in [2.24, 2.45) is 0 Å². The number of carbonyl (C=O) groups is 1. The van der Waals surface area contributed by atoms with Crippen LogP contribution in [0, 0.1) is 13.8 Å². The second-order valence-electron chi connectivity index (χ2n) is 4.90. The van der Waals surface area contributed by atoms with Crippen molar-refractivity contribution in [3.05, 3.63) is 57.6 Å². The molecule has 0 aromatic heterocycles. The normalized spacial score (nSPS) is 10.3. The quantitative estimate of drug-likeness (QED) is 0.839. The van der Waals surface area contributed by atoms with Crippen molar-refractivity contribution < 1.29 is 4.79 Å². The largest absolute Gasteiger partial charge is 0.398 e. The summed E-state index contributed by atoms with van der Waals surface area (Å²) < 4.78 is 0.835. The zero-order valence-electron chi connectivity index (χ0n) is 11.5. The molecule has 0 bridgehead atoms. The zero-order chi connectivity index (χ0) is 14.7. The molecule has 104 valence electrons. The van der Waals surface area contributed by atoms with Crippen LogP contribution in [0.25, 0.3) is 0 Å². The molecule has 0 spiro atoms. The molecule has 0 unspecified atom stereocenters. The van der Waals surface area contributed by atoms with E-state index in [4.69, 9.17) is 5.73 Å². The maximum atomic E-state index is 12.1. The fourth-order valence-corrected chi connectivity index (χ4v) is 2.54. The molecule has 0 fully saturated rings. The summed E-state index contributed by atoms with van der Waals surface area (Å²) in [4.78, 5) is 12.1. The van der Waals surface area contributed by atoms with Crippen molar-refractivity contribution in [2.45, 2.75) is 20.3 Å². The lowest BCUT2D eigenvalue weighted by Gasteiger charge is -2.10. The van der Waals surface area contributed by atoms with Crippen molar-refractivity contribution in [3.63, 3.8) is 0 Å². The Bertz CT molecular complexity index is 653. The third-order valence-corrected chi connectivity index (χ3v) is 3.73. The van der Waals surface area contributed by atoms with Crippen LogP contribution in [0.4, 0.5) is 11.4 Å². The summed E-state index contributed by atoms with van der Waals surface area (Å²) >= 11 is 3.44. The van der Waals surface area contributed by atoms with Crippen LogP contribution in [0.5, 0.6) is 0 Å². The van der Waals surface area contributed by atoms with Crippen LogP contribution >= 0.6 is 15.9 Å². The van der Waals surface area contributed by atoms with Gasteiger partial charge in [0.25, 0.3) is 0 Å². The Morgan fingerprint density at radius 1 is 1.25 bits per heavy atom. The monoisotopic (exact) mass is 332 g/mol. The van der Waals surface area contributed by atoms with Gasteiger partial charge in [0.1, 0.15) is 0 Å². The van der Waals surface area contributed by atoms with Gasteiger partial charge >= 0.3 is 0 Å². The van der Waals surface area contributed by atoms with Crippen molar-refractivity contribution in [2.75, 3.05) is 11.1 Å². The lowest BCUT2D eigenvalue weighted by Crippen LogP contribution is -2.15. The molecule has 20 heavy (non-hydrogen) atoms. The number of amides is 1. The highest BCUT2D eigenvalue weighted by Gasteiger charge is 2.08. The lowest BCUT2D eigenvalue weighted by molar-refractivity contribution is -0.115. The minimum absolute atomic E-state index is 0.0560. The highest BCUT2D eigenvalue weighted by atomic mass is 79.9. The van der Waals surface area contributed by atoms with Crippen molar-refractivity contribution in [3.8, 4) is 0 Å². The fourth-order valence-electron chi connectivity index (χ4n) is 1.99. The molecule has 0 aliphatic heterocycles.